The highest BCUT2D eigenvalue weighted by Crippen LogP contribution is 2.34. The molecule has 130 valence electrons. The summed E-state index contributed by atoms with van der Waals surface area (Å²) in [4.78, 5) is 0. The fourth-order valence-corrected chi connectivity index (χ4v) is 2.44. The second-order valence-corrected chi connectivity index (χ2v) is 6.13. The summed E-state index contributed by atoms with van der Waals surface area (Å²) in [6.45, 7) is 5.04. The number of hydrogen-bond donors (Lipinski definition) is 5. The third-order valence-corrected chi connectivity index (χ3v) is 4.11. The Labute approximate surface area is 134 Å². The summed E-state index contributed by atoms with van der Waals surface area (Å²) in [6.07, 6.45) is -6.75. The minimum Gasteiger partial charge on any atom is -0.508 e. The van der Waals surface area contributed by atoms with E-state index in [1.165, 1.54) is 0 Å². The molecule has 7 nitrogen and oxygen atoms in total. The predicted octanol–water partition coefficient (Wildman–Crippen LogP) is 0.00272. The van der Waals surface area contributed by atoms with Crippen LogP contribution in [-0.4, -0.2) is 62.8 Å². The summed E-state index contributed by atoms with van der Waals surface area (Å²) in [5.74, 6) is 0.507. The van der Waals surface area contributed by atoms with Crippen LogP contribution in [-0.2, 0) is 4.74 Å². The molecule has 1 aliphatic heterocycles. The maximum atomic E-state index is 10.0. The molecule has 0 radical (unpaired) electrons. The van der Waals surface area contributed by atoms with Crippen LogP contribution in [0.25, 0.3) is 0 Å². The van der Waals surface area contributed by atoms with Gasteiger partial charge in [0.1, 0.15) is 35.9 Å². The molecule has 7 heteroatoms. The molecule has 23 heavy (non-hydrogen) atoms. The van der Waals surface area contributed by atoms with Crippen molar-refractivity contribution >= 4 is 0 Å². The van der Waals surface area contributed by atoms with E-state index in [0.29, 0.717) is 11.3 Å². The number of phenolic OH excluding ortho intramolecular Hbond substituents is 1. The Kier molecular flexibility index (Phi) is 5.49. The smallest absolute Gasteiger partial charge is 0.229 e. The second kappa shape index (κ2) is 7.02. The van der Waals surface area contributed by atoms with Crippen LogP contribution >= 0.6 is 0 Å². The molecule has 0 aromatic heterocycles. The minimum atomic E-state index is -1.51. The van der Waals surface area contributed by atoms with Crippen LogP contribution in [0, 0.1) is 6.92 Å². The molecule has 1 saturated heterocycles. The number of benzene rings is 1. The standard InChI is InChI=1S/C16H24O7/c1-7(2)9-4-10(18)8(3)11(5-9)22-16-15(21)14(20)13(19)12(6-17)23-16/h4-5,7,12-21H,6H2,1-3H3/t12-,13-,14+,15-,16-/m1/s1. The SMILES string of the molecule is Cc1c(O)cc(C(C)C)cc1O[C@@H]1O[C@H](CO)[C@@H](O)[C@H](O)[C@H]1O. The van der Waals surface area contributed by atoms with Gasteiger partial charge in [0.05, 0.1) is 6.61 Å². The molecule has 1 aromatic carbocycles. The van der Waals surface area contributed by atoms with Gasteiger partial charge in [-0.1, -0.05) is 13.8 Å². The van der Waals surface area contributed by atoms with Crippen molar-refractivity contribution in [2.45, 2.75) is 57.4 Å². The van der Waals surface area contributed by atoms with E-state index < -0.39 is 37.3 Å². The van der Waals surface area contributed by atoms with Gasteiger partial charge in [0.25, 0.3) is 0 Å². The van der Waals surface area contributed by atoms with Crippen molar-refractivity contribution in [2.75, 3.05) is 6.61 Å². The Morgan fingerprint density at radius 1 is 1.13 bits per heavy atom. The number of aliphatic hydroxyl groups excluding tert-OH is 4. The van der Waals surface area contributed by atoms with Gasteiger partial charge in [0.15, 0.2) is 0 Å². The van der Waals surface area contributed by atoms with Gasteiger partial charge in [0, 0.05) is 5.56 Å². The van der Waals surface area contributed by atoms with E-state index in [0.717, 1.165) is 5.56 Å². The summed E-state index contributed by atoms with van der Waals surface area (Å²) in [7, 11) is 0. The lowest BCUT2D eigenvalue weighted by Crippen LogP contribution is -2.60. The first-order chi connectivity index (χ1) is 10.8. The van der Waals surface area contributed by atoms with Crippen molar-refractivity contribution in [1.82, 2.24) is 0 Å². The molecular formula is C16H24O7. The highest BCUT2D eigenvalue weighted by Gasteiger charge is 2.44. The lowest BCUT2D eigenvalue weighted by atomic mass is 9.98. The van der Waals surface area contributed by atoms with Crippen molar-refractivity contribution in [3.8, 4) is 11.5 Å². The van der Waals surface area contributed by atoms with Gasteiger partial charge in [-0.3, -0.25) is 0 Å². The summed E-state index contributed by atoms with van der Waals surface area (Å²) in [5.41, 5.74) is 1.30. The van der Waals surface area contributed by atoms with Crippen molar-refractivity contribution in [3.63, 3.8) is 0 Å². The van der Waals surface area contributed by atoms with Crippen LogP contribution in [0.15, 0.2) is 12.1 Å². The van der Waals surface area contributed by atoms with E-state index in [1.807, 2.05) is 13.8 Å². The number of rotatable bonds is 4. The predicted molar refractivity (Wildman–Crippen MR) is 81.3 cm³/mol. The zero-order chi connectivity index (χ0) is 17.3. The third-order valence-electron chi connectivity index (χ3n) is 4.11. The normalized spacial score (nSPS) is 31.4. The number of aromatic hydroxyl groups is 1. The quantitative estimate of drug-likeness (QED) is 0.528. The number of ether oxygens (including phenoxy) is 2. The average molecular weight is 328 g/mol. The molecule has 0 aliphatic carbocycles. The molecule has 0 spiro atoms. The first-order valence-electron chi connectivity index (χ1n) is 7.57. The number of aliphatic hydroxyl groups is 4. The summed E-state index contributed by atoms with van der Waals surface area (Å²) < 4.78 is 10.9. The molecular weight excluding hydrogens is 304 g/mol. The molecule has 1 fully saturated rings. The molecule has 0 amide bonds. The third kappa shape index (κ3) is 3.59. The highest BCUT2D eigenvalue weighted by molar-refractivity contribution is 5.47. The highest BCUT2D eigenvalue weighted by atomic mass is 16.7. The van der Waals surface area contributed by atoms with E-state index in [9.17, 15) is 25.5 Å². The molecule has 5 atom stereocenters. The first kappa shape index (κ1) is 18.0. The zero-order valence-electron chi connectivity index (χ0n) is 13.4. The molecule has 1 aliphatic rings. The molecule has 0 bridgehead atoms. The van der Waals surface area contributed by atoms with E-state index in [-0.39, 0.29) is 11.7 Å². The maximum absolute atomic E-state index is 10.0. The molecule has 1 aromatic rings. The van der Waals surface area contributed by atoms with Gasteiger partial charge < -0.3 is 35.0 Å². The van der Waals surface area contributed by atoms with Gasteiger partial charge in [-0.25, -0.2) is 0 Å². The minimum absolute atomic E-state index is 0.0517. The molecule has 2 rings (SSSR count). The summed E-state index contributed by atoms with van der Waals surface area (Å²) in [5, 5.41) is 48.8. The monoisotopic (exact) mass is 328 g/mol. The summed E-state index contributed by atoms with van der Waals surface area (Å²) in [6, 6.07) is 3.36. The zero-order valence-corrected chi connectivity index (χ0v) is 13.4. The van der Waals surface area contributed by atoms with Crippen molar-refractivity contribution in [2.24, 2.45) is 0 Å². The fraction of sp³-hybridized carbons (Fsp3) is 0.625. The Morgan fingerprint density at radius 3 is 2.35 bits per heavy atom. The second-order valence-electron chi connectivity index (χ2n) is 6.13. The van der Waals surface area contributed by atoms with E-state index in [1.54, 1.807) is 19.1 Å². The maximum Gasteiger partial charge on any atom is 0.229 e. The lowest BCUT2D eigenvalue weighted by Gasteiger charge is -2.39. The van der Waals surface area contributed by atoms with Gasteiger partial charge in [-0.05, 0) is 30.5 Å². The topological polar surface area (TPSA) is 120 Å². The molecule has 1 heterocycles. The van der Waals surface area contributed by atoms with Crippen LogP contribution < -0.4 is 4.74 Å². The Morgan fingerprint density at radius 2 is 1.78 bits per heavy atom. The Bertz CT molecular complexity index is 543. The van der Waals surface area contributed by atoms with E-state index in [2.05, 4.69) is 0 Å². The van der Waals surface area contributed by atoms with Crippen LogP contribution in [0.1, 0.15) is 30.9 Å². The lowest BCUT2D eigenvalue weighted by molar-refractivity contribution is -0.277. The Hall–Kier alpha value is -1.38. The van der Waals surface area contributed by atoms with Crippen molar-refractivity contribution in [1.29, 1.82) is 0 Å². The van der Waals surface area contributed by atoms with Crippen LogP contribution in [0.2, 0.25) is 0 Å². The van der Waals surface area contributed by atoms with E-state index in [4.69, 9.17) is 9.47 Å². The first-order valence-corrected chi connectivity index (χ1v) is 7.57. The van der Waals surface area contributed by atoms with Gasteiger partial charge in [-0.2, -0.15) is 0 Å². The average Bonchev–Trinajstić information content (AvgIpc) is 2.51. The molecule has 0 saturated carbocycles. The fourth-order valence-electron chi connectivity index (χ4n) is 2.44. The van der Waals surface area contributed by atoms with Gasteiger partial charge >= 0.3 is 0 Å². The number of hydrogen-bond acceptors (Lipinski definition) is 7. The van der Waals surface area contributed by atoms with Crippen LogP contribution in [0.3, 0.4) is 0 Å². The van der Waals surface area contributed by atoms with E-state index >= 15 is 0 Å². The van der Waals surface area contributed by atoms with Gasteiger partial charge in [-0.15, -0.1) is 0 Å². The molecule has 5 N–H and O–H groups in total. The van der Waals surface area contributed by atoms with Gasteiger partial charge in [0.2, 0.25) is 6.29 Å². The van der Waals surface area contributed by atoms with Crippen LogP contribution in [0.4, 0.5) is 0 Å². The Balaban J connectivity index is 2.27. The van der Waals surface area contributed by atoms with Crippen molar-refractivity contribution < 1.29 is 35.0 Å². The van der Waals surface area contributed by atoms with Crippen LogP contribution in [0.5, 0.6) is 11.5 Å². The summed E-state index contributed by atoms with van der Waals surface area (Å²) >= 11 is 0. The largest absolute Gasteiger partial charge is 0.508 e. The number of phenols is 1. The van der Waals surface area contributed by atoms with Crippen molar-refractivity contribution in [3.05, 3.63) is 23.3 Å². The molecule has 0 unspecified atom stereocenters.